The summed E-state index contributed by atoms with van der Waals surface area (Å²) in [6.07, 6.45) is 2.02. The second-order valence-corrected chi connectivity index (χ2v) is 3.04. The number of hydrogen-bond acceptors (Lipinski definition) is 2. The molecule has 0 rings (SSSR count). The average Bonchev–Trinajstić information content (AvgIpc) is 2.03. The van der Waals surface area contributed by atoms with Gasteiger partial charge >= 0.3 is 5.97 Å². The van der Waals surface area contributed by atoms with Crippen LogP contribution in [0, 0.1) is 0 Å². The summed E-state index contributed by atoms with van der Waals surface area (Å²) in [6, 6.07) is 0. The first-order valence-electron chi connectivity index (χ1n) is 4.02. The highest BCUT2D eigenvalue weighted by atomic mass is 28.1. The fourth-order valence-electron chi connectivity index (χ4n) is 0.541. The van der Waals surface area contributed by atoms with Gasteiger partial charge in [-0.15, -0.1) is 0 Å². The maximum absolute atomic E-state index is 11.0. The van der Waals surface area contributed by atoms with Gasteiger partial charge in [0.05, 0.1) is 6.61 Å². The minimum absolute atomic E-state index is 0.159. The van der Waals surface area contributed by atoms with Crippen LogP contribution >= 0.6 is 0 Å². The molecule has 0 bridgehead atoms. The molecule has 0 aliphatic heterocycles. The molecule has 0 aliphatic carbocycles. The molecule has 0 N–H and O–H groups in total. The maximum Gasteiger partial charge on any atom is 0.332 e. The molecule has 64 valence electrons. The number of hydrogen-bond donors (Lipinski definition) is 0. The second-order valence-electron chi connectivity index (χ2n) is 2.46. The van der Waals surface area contributed by atoms with Crippen LogP contribution in [0.25, 0.3) is 0 Å². The molecule has 3 heteroatoms. The van der Waals surface area contributed by atoms with Gasteiger partial charge in [-0.1, -0.05) is 19.0 Å². The normalized spacial score (nSPS) is 11.6. The molecule has 0 atom stereocenters. The van der Waals surface area contributed by atoms with Crippen LogP contribution in [-0.4, -0.2) is 22.8 Å². The number of carbonyl (C=O) groups excluding carboxylic acids is 1. The highest BCUT2D eigenvalue weighted by Crippen LogP contribution is 1.96. The van der Waals surface area contributed by atoms with E-state index >= 15 is 0 Å². The van der Waals surface area contributed by atoms with E-state index in [1.54, 1.807) is 6.92 Å². The predicted molar refractivity (Wildman–Crippen MR) is 49.6 cm³/mol. The van der Waals surface area contributed by atoms with Gasteiger partial charge in [0.15, 0.2) is 0 Å². The molecule has 11 heavy (non-hydrogen) atoms. The van der Waals surface area contributed by atoms with E-state index in [1.807, 2.05) is 5.70 Å². The van der Waals surface area contributed by atoms with Crippen molar-refractivity contribution in [2.24, 2.45) is 0 Å². The molecule has 2 nitrogen and oxygen atoms in total. The van der Waals surface area contributed by atoms with Crippen molar-refractivity contribution >= 4 is 16.2 Å². The molecular weight excluding hydrogens is 156 g/mol. The van der Waals surface area contributed by atoms with Crippen LogP contribution < -0.4 is 0 Å². The Hall–Kier alpha value is -0.573. The van der Waals surface area contributed by atoms with E-state index < -0.39 is 0 Å². The lowest BCUT2D eigenvalue weighted by Gasteiger charge is -2.02. The first kappa shape index (κ1) is 10.4. The Labute approximate surface area is 71.1 Å². The van der Waals surface area contributed by atoms with Gasteiger partial charge in [0.25, 0.3) is 0 Å². The summed E-state index contributed by atoms with van der Waals surface area (Å²) in [5.74, 6) is -0.159. The lowest BCUT2D eigenvalue weighted by molar-refractivity contribution is -0.139. The zero-order valence-electron chi connectivity index (χ0n) is 7.52. The highest BCUT2D eigenvalue weighted by Gasteiger charge is 2.01. The van der Waals surface area contributed by atoms with Gasteiger partial charge in [-0.05, 0) is 13.3 Å². The predicted octanol–water partition coefficient (Wildman–Crippen LogP) is 0.599. The Morgan fingerprint density at radius 3 is 2.73 bits per heavy atom. The van der Waals surface area contributed by atoms with Gasteiger partial charge < -0.3 is 4.74 Å². The molecule has 0 radical (unpaired) electrons. The summed E-state index contributed by atoms with van der Waals surface area (Å²) in [5.41, 5.74) is 2.64. The zero-order valence-corrected chi connectivity index (χ0v) is 9.52. The summed E-state index contributed by atoms with van der Waals surface area (Å²) < 4.78 is 4.95. The smallest absolute Gasteiger partial charge is 0.332 e. The summed E-state index contributed by atoms with van der Waals surface area (Å²) in [6.45, 7) is 4.42. The van der Waals surface area contributed by atoms with Crippen molar-refractivity contribution in [3.63, 3.8) is 0 Å². The van der Waals surface area contributed by atoms with Gasteiger partial charge in [-0.25, -0.2) is 4.79 Å². The molecule has 0 amide bonds. The second kappa shape index (κ2) is 6.16. The van der Waals surface area contributed by atoms with E-state index in [0.717, 1.165) is 28.7 Å². The van der Waals surface area contributed by atoms with E-state index in [4.69, 9.17) is 4.74 Å². The molecule has 0 fully saturated rings. The molecule has 0 saturated heterocycles. The number of esters is 1. The number of ether oxygens (including phenoxy) is 1. The minimum atomic E-state index is -0.159. The monoisotopic (exact) mass is 172 g/mol. The third-order valence-corrected chi connectivity index (χ3v) is 2.35. The van der Waals surface area contributed by atoms with Crippen molar-refractivity contribution < 1.29 is 9.53 Å². The van der Waals surface area contributed by atoms with Gasteiger partial charge in [0.1, 0.15) is 0 Å². The minimum Gasteiger partial charge on any atom is -0.462 e. The third-order valence-electron chi connectivity index (χ3n) is 1.49. The van der Waals surface area contributed by atoms with Crippen LogP contribution in [-0.2, 0) is 9.53 Å². The Kier molecular flexibility index (Phi) is 5.84. The van der Waals surface area contributed by atoms with Gasteiger partial charge in [-0.3, -0.25) is 0 Å². The Bertz CT molecular complexity index is 152. The van der Waals surface area contributed by atoms with Crippen LogP contribution in [0.3, 0.4) is 0 Å². The quantitative estimate of drug-likeness (QED) is 0.269. The summed E-state index contributed by atoms with van der Waals surface area (Å²) in [5, 5.41) is 0. The van der Waals surface area contributed by atoms with E-state index in [9.17, 15) is 4.79 Å². The highest BCUT2D eigenvalue weighted by molar-refractivity contribution is 6.19. The van der Waals surface area contributed by atoms with E-state index in [0.29, 0.717) is 6.61 Å². The fraction of sp³-hybridized carbons (Fsp3) is 0.625. The number of rotatable bonds is 4. The summed E-state index contributed by atoms with van der Waals surface area (Å²) >= 11 is 0. The summed E-state index contributed by atoms with van der Waals surface area (Å²) in [7, 11) is 0.917. The van der Waals surface area contributed by atoms with Crippen molar-refractivity contribution in [3.8, 4) is 0 Å². The van der Waals surface area contributed by atoms with Crippen LogP contribution in [0.2, 0.25) is 0 Å². The van der Waals surface area contributed by atoms with Crippen LogP contribution in [0.4, 0.5) is 0 Å². The molecule has 0 unspecified atom stereocenters. The van der Waals surface area contributed by atoms with Crippen molar-refractivity contribution in [2.45, 2.75) is 26.7 Å². The van der Waals surface area contributed by atoms with Gasteiger partial charge in [0, 0.05) is 15.8 Å². The first-order chi connectivity index (χ1) is 5.22. The van der Waals surface area contributed by atoms with Crippen molar-refractivity contribution in [3.05, 3.63) is 11.3 Å². The number of unbranched alkanes of at least 4 members (excludes halogenated alkanes) is 1. The molecule has 0 aromatic rings. The first-order valence-corrected chi connectivity index (χ1v) is 5.17. The Morgan fingerprint density at radius 1 is 1.64 bits per heavy atom. The molecule has 0 heterocycles. The van der Waals surface area contributed by atoms with Crippen molar-refractivity contribution in [2.75, 3.05) is 6.61 Å². The summed E-state index contributed by atoms with van der Waals surface area (Å²) in [4.78, 5) is 11.0. The standard InChI is InChI=1S/C8H16O2Si/c1-3-4-5-10-8(9)7(2)6-11/h6H,3-5H2,1-2,11H3. The maximum atomic E-state index is 11.0. The van der Waals surface area contributed by atoms with Crippen LogP contribution in [0.5, 0.6) is 0 Å². The fourth-order valence-corrected chi connectivity index (χ4v) is 0.777. The Morgan fingerprint density at radius 2 is 2.27 bits per heavy atom. The van der Waals surface area contributed by atoms with E-state index in [1.165, 1.54) is 0 Å². The third kappa shape index (κ3) is 4.78. The molecule has 0 aromatic heterocycles. The lowest BCUT2D eigenvalue weighted by atomic mass is 10.3. The van der Waals surface area contributed by atoms with Gasteiger partial charge in [-0.2, -0.15) is 0 Å². The molecule has 0 aliphatic rings. The van der Waals surface area contributed by atoms with Crippen molar-refractivity contribution in [1.82, 2.24) is 0 Å². The van der Waals surface area contributed by atoms with E-state index in [-0.39, 0.29) is 5.97 Å². The number of carbonyl (C=O) groups is 1. The van der Waals surface area contributed by atoms with Gasteiger partial charge in [0.2, 0.25) is 0 Å². The molecule has 0 spiro atoms. The van der Waals surface area contributed by atoms with E-state index in [2.05, 4.69) is 6.92 Å². The van der Waals surface area contributed by atoms with Crippen molar-refractivity contribution in [1.29, 1.82) is 0 Å². The molecular formula is C8H16O2Si. The topological polar surface area (TPSA) is 26.3 Å². The lowest BCUT2D eigenvalue weighted by Crippen LogP contribution is -2.06. The molecule has 0 saturated carbocycles. The molecule has 0 aromatic carbocycles. The Balaban J connectivity index is 3.53. The van der Waals surface area contributed by atoms with Crippen LogP contribution in [0.1, 0.15) is 26.7 Å². The van der Waals surface area contributed by atoms with Crippen LogP contribution in [0.15, 0.2) is 11.3 Å². The SMILES string of the molecule is CCCCOC(=O)C(C)=C[SiH3]. The average molecular weight is 172 g/mol. The largest absolute Gasteiger partial charge is 0.462 e. The zero-order chi connectivity index (χ0) is 8.69.